The van der Waals surface area contributed by atoms with E-state index < -0.39 is 23.6 Å². The summed E-state index contributed by atoms with van der Waals surface area (Å²) in [6.45, 7) is 3.67. The SMILES string of the molecule is CN1CCN(C[C@@H](CC(=O)Nc2ccccc2F)C(=O)O)CC1. The van der Waals surface area contributed by atoms with Gasteiger partial charge in [0.1, 0.15) is 5.82 Å². The number of halogens is 1. The number of piperazine rings is 1. The molecule has 1 aromatic rings. The average molecular weight is 323 g/mol. The van der Waals surface area contributed by atoms with Crippen LogP contribution in [0.2, 0.25) is 0 Å². The highest BCUT2D eigenvalue weighted by atomic mass is 19.1. The monoisotopic (exact) mass is 323 g/mol. The minimum atomic E-state index is -1.01. The van der Waals surface area contributed by atoms with Crippen molar-refractivity contribution < 1.29 is 19.1 Å². The molecule has 1 aromatic carbocycles. The number of carbonyl (C=O) groups is 2. The Morgan fingerprint density at radius 3 is 2.52 bits per heavy atom. The number of likely N-dealkylation sites (N-methyl/N-ethyl adjacent to an activating group) is 1. The number of amides is 1. The molecule has 6 nitrogen and oxygen atoms in total. The van der Waals surface area contributed by atoms with Crippen LogP contribution in [-0.4, -0.2) is 66.6 Å². The van der Waals surface area contributed by atoms with Crippen LogP contribution in [0.3, 0.4) is 0 Å². The van der Waals surface area contributed by atoms with Crippen LogP contribution < -0.4 is 5.32 Å². The molecule has 1 fully saturated rings. The minimum absolute atomic E-state index is 0.0706. The van der Waals surface area contributed by atoms with E-state index >= 15 is 0 Å². The molecule has 2 rings (SSSR count). The molecule has 126 valence electrons. The van der Waals surface area contributed by atoms with E-state index in [0.29, 0.717) is 6.54 Å². The van der Waals surface area contributed by atoms with Crippen LogP contribution >= 0.6 is 0 Å². The predicted molar refractivity (Wildman–Crippen MR) is 84.7 cm³/mol. The molecule has 1 aliphatic rings. The zero-order valence-electron chi connectivity index (χ0n) is 13.2. The van der Waals surface area contributed by atoms with Gasteiger partial charge in [0.25, 0.3) is 0 Å². The first-order valence-corrected chi connectivity index (χ1v) is 7.64. The molecule has 1 atom stereocenters. The standard InChI is InChI=1S/C16H22FN3O3/c1-19-6-8-20(9-7-19)11-12(16(22)23)10-15(21)18-14-5-3-2-4-13(14)17/h2-5,12H,6-11H2,1H3,(H,18,21)(H,22,23)/t12-/m1/s1. The maximum absolute atomic E-state index is 13.5. The van der Waals surface area contributed by atoms with Crippen molar-refractivity contribution in [2.45, 2.75) is 6.42 Å². The lowest BCUT2D eigenvalue weighted by Gasteiger charge is -2.33. The van der Waals surface area contributed by atoms with Gasteiger partial charge >= 0.3 is 5.97 Å². The number of hydrogen-bond donors (Lipinski definition) is 2. The molecule has 0 unspecified atom stereocenters. The van der Waals surface area contributed by atoms with Gasteiger partial charge in [0.2, 0.25) is 5.91 Å². The molecule has 1 aliphatic heterocycles. The number of carboxylic acid groups (broad SMARTS) is 1. The van der Waals surface area contributed by atoms with Crippen molar-refractivity contribution in [1.82, 2.24) is 9.80 Å². The fourth-order valence-electron chi connectivity index (χ4n) is 2.56. The molecular formula is C16H22FN3O3. The smallest absolute Gasteiger partial charge is 0.308 e. The number of nitrogens with zero attached hydrogens (tertiary/aromatic N) is 2. The summed E-state index contributed by atoms with van der Waals surface area (Å²) in [7, 11) is 2.02. The molecule has 0 bridgehead atoms. The number of anilines is 1. The number of aliphatic carboxylic acids is 1. The topological polar surface area (TPSA) is 72.9 Å². The van der Waals surface area contributed by atoms with Crippen molar-refractivity contribution in [3.8, 4) is 0 Å². The summed E-state index contributed by atoms with van der Waals surface area (Å²) in [5.74, 6) is -2.83. The second-order valence-corrected chi connectivity index (χ2v) is 5.87. The van der Waals surface area contributed by atoms with Crippen LogP contribution in [0.5, 0.6) is 0 Å². The second kappa shape index (κ2) is 8.03. The Morgan fingerprint density at radius 2 is 1.91 bits per heavy atom. The van der Waals surface area contributed by atoms with Crippen LogP contribution in [0, 0.1) is 11.7 Å². The lowest BCUT2D eigenvalue weighted by molar-refractivity contribution is -0.144. The van der Waals surface area contributed by atoms with Gasteiger partial charge in [0.15, 0.2) is 0 Å². The number of para-hydroxylation sites is 1. The lowest BCUT2D eigenvalue weighted by Crippen LogP contribution is -2.47. The molecule has 1 heterocycles. The Labute approximate surface area is 134 Å². The van der Waals surface area contributed by atoms with E-state index in [1.807, 2.05) is 7.05 Å². The first-order chi connectivity index (χ1) is 11.0. The molecule has 0 aliphatic carbocycles. The third-order valence-electron chi connectivity index (χ3n) is 4.00. The number of hydrogen-bond acceptors (Lipinski definition) is 4. The van der Waals surface area contributed by atoms with E-state index in [-0.39, 0.29) is 12.1 Å². The van der Waals surface area contributed by atoms with Crippen molar-refractivity contribution in [2.75, 3.05) is 45.1 Å². The van der Waals surface area contributed by atoms with Crippen LogP contribution in [0.25, 0.3) is 0 Å². The van der Waals surface area contributed by atoms with Crippen LogP contribution in [0.4, 0.5) is 10.1 Å². The summed E-state index contributed by atoms with van der Waals surface area (Å²) < 4.78 is 13.5. The van der Waals surface area contributed by atoms with Crippen molar-refractivity contribution in [1.29, 1.82) is 0 Å². The third kappa shape index (κ3) is 5.30. The zero-order chi connectivity index (χ0) is 16.8. The van der Waals surface area contributed by atoms with Gasteiger partial charge in [-0.15, -0.1) is 0 Å². The van der Waals surface area contributed by atoms with Crippen molar-refractivity contribution in [2.24, 2.45) is 5.92 Å². The number of benzene rings is 1. The Hall–Kier alpha value is -1.99. The van der Waals surface area contributed by atoms with Crippen molar-refractivity contribution in [3.05, 3.63) is 30.1 Å². The van der Waals surface area contributed by atoms with Gasteiger partial charge in [0.05, 0.1) is 11.6 Å². The molecule has 0 saturated carbocycles. The average Bonchev–Trinajstić information content (AvgIpc) is 2.51. The number of nitrogens with one attached hydrogen (secondary N) is 1. The normalized spacial score (nSPS) is 17.7. The van der Waals surface area contributed by atoms with Crippen LogP contribution in [0.1, 0.15) is 6.42 Å². The highest BCUT2D eigenvalue weighted by molar-refractivity contribution is 5.93. The maximum Gasteiger partial charge on any atom is 0.308 e. The molecule has 1 amide bonds. The van der Waals surface area contributed by atoms with E-state index in [2.05, 4.69) is 15.1 Å². The van der Waals surface area contributed by atoms with Crippen LogP contribution in [-0.2, 0) is 9.59 Å². The van der Waals surface area contributed by atoms with Gasteiger partial charge < -0.3 is 15.3 Å². The van der Waals surface area contributed by atoms with Gasteiger partial charge in [-0.3, -0.25) is 14.5 Å². The van der Waals surface area contributed by atoms with Crippen molar-refractivity contribution >= 4 is 17.6 Å². The van der Waals surface area contributed by atoms with Crippen molar-refractivity contribution in [3.63, 3.8) is 0 Å². The molecule has 2 N–H and O–H groups in total. The first kappa shape index (κ1) is 17.4. The molecule has 0 spiro atoms. The van der Waals surface area contributed by atoms with Gasteiger partial charge in [-0.2, -0.15) is 0 Å². The largest absolute Gasteiger partial charge is 0.481 e. The third-order valence-corrected chi connectivity index (χ3v) is 4.00. The molecule has 7 heteroatoms. The summed E-state index contributed by atoms with van der Waals surface area (Å²) in [5, 5.41) is 11.8. The summed E-state index contributed by atoms with van der Waals surface area (Å²) in [5.41, 5.74) is 0.0706. The number of carbonyl (C=O) groups excluding carboxylic acids is 1. The van der Waals surface area contributed by atoms with E-state index in [4.69, 9.17) is 0 Å². The van der Waals surface area contributed by atoms with Crippen LogP contribution in [0.15, 0.2) is 24.3 Å². The first-order valence-electron chi connectivity index (χ1n) is 7.64. The zero-order valence-corrected chi connectivity index (χ0v) is 13.2. The predicted octanol–water partition coefficient (Wildman–Crippen LogP) is 1.10. The molecular weight excluding hydrogens is 301 g/mol. The minimum Gasteiger partial charge on any atom is -0.481 e. The second-order valence-electron chi connectivity index (χ2n) is 5.87. The summed E-state index contributed by atoms with van der Waals surface area (Å²) in [6, 6.07) is 5.83. The van der Waals surface area contributed by atoms with Gasteiger partial charge in [-0.1, -0.05) is 12.1 Å². The lowest BCUT2D eigenvalue weighted by atomic mass is 10.0. The quantitative estimate of drug-likeness (QED) is 0.820. The van der Waals surface area contributed by atoms with E-state index in [0.717, 1.165) is 26.2 Å². The highest BCUT2D eigenvalue weighted by Gasteiger charge is 2.26. The van der Waals surface area contributed by atoms with Gasteiger partial charge in [-0.05, 0) is 19.2 Å². The summed E-state index contributed by atoms with van der Waals surface area (Å²) >= 11 is 0. The van der Waals surface area contributed by atoms with Gasteiger partial charge in [0, 0.05) is 39.1 Å². The Kier molecular flexibility index (Phi) is 6.06. The van der Waals surface area contributed by atoms with E-state index in [1.165, 1.54) is 18.2 Å². The highest BCUT2D eigenvalue weighted by Crippen LogP contribution is 2.15. The molecule has 1 saturated heterocycles. The fraction of sp³-hybridized carbons (Fsp3) is 0.500. The number of carboxylic acids is 1. The number of rotatable bonds is 6. The Morgan fingerprint density at radius 1 is 1.26 bits per heavy atom. The fourth-order valence-corrected chi connectivity index (χ4v) is 2.56. The summed E-state index contributed by atoms with van der Waals surface area (Å²) in [4.78, 5) is 27.6. The maximum atomic E-state index is 13.5. The van der Waals surface area contributed by atoms with E-state index in [1.54, 1.807) is 6.07 Å². The Balaban J connectivity index is 1.90. The Bertz CT molecular complexity index is 559. The molecule has 23 heavy (non-hydrogen) atoms. The molecule has 0 radical (unpaired) electrons. The molecule has 0 aromatic heterocycles. The summed E-state index contributed by atoms with van der Waals surface area (Å²) in [6.07, 6.45) is -0.171. The van der Waals surface area contributed by atoms with Gasteiger partial charge in [-0.25, -0.2) is 4.39 Å². The van der Waals surface area contributed by atoms with E-state index in [9.17, 15) is 19.1 Å².